The first-order chi connectivity index (χ1) is 11.9. The molecule has 1 N–H and O–H groups in total. The van der Waals surface area contributed by atoms with Crippen molar-refractivity contribution in [2.75, 3.05) is 11.9 Å². The Kier molecular flexibility index (Phi) is 5.62. The molecule has 9 heteroatoms. The van der Waals surface area contributed by atoms with E-state index in [-0.39, 0.29) is 22.6 Å². The van der Waals surface area contributed by atoms with Gasteiger partial charge in [0.05, 0.1) is 22.5 Å². The fourth-order valence-electron chi connectivity index (χ4n) is 2.01. The number of rotatable bonds is 7. The Morgan fingerprint density at radius 1 is 1.08 bits per heavy atom. The lowest BCUT2D eigenvalue weighted by atomic mass is 10.2. The van der Waals surface area contributed by atoms with Crippen LogP contribution in [0.2, 0.25) is 0 Å². The monoisotopic (exact) mass is 345 g/mol. The van der Waals surface area contributed by atoms with Crippen molar-refractivity contribution in [2.45, 2.75) is 13.3 Å². The summed E-state index contributed by atoms with van der Waals surface area (Å²) in [6.07, 6.45) is 0.756. The number of anilines is 1. The molecule has 0 heterocycles. The average molecular weight is 345 g/mol. The van der Waals surface area contributed by atoms with Gasteiger partial charge in [-0.3, -0.25) is 25.0 Å². The van der Waals surface area contributed by atoms with Crippen LogP contribution in [0.4, 0.5) is 17.1 Å². The number of nitro groups is 2. The molecule has 0 aliphatic rings. The second kappa shape index (κ2) is 7.86. The van der Waals surface area contributed by atoms with Crippen LogP contribution in [0.1, 0.15) is 23.7 Å². The first kappa shape index (κ1) is 17.9. The zero-order chi connectivity index (χ0) is 18.4. The maximum atomic E-state index is 12.2. The zero-order valence-corrected chi connectivity index (χ0v) is 13.3. The Morgan fingerprint density at radius 3 is 2.32 bits per heavy atom. The Balaban J connectivity index is 2.21. The first-order valence-corrected chi connectivity index (χ1v) is 7.39. The van der Waals surface area contributed by atoms with Crippen LogP contribution in [0.25, 0.3) is 0 Å². The number of nitrogens with zero attached hydrogens (tertiary/aromatic N) is 2. The van der Waals surface area contributed by atoms with Gasteiger partial charge < -0.3 is 10.1 Å². The van der Waals surface area contributed by atoms with E-state index in [0.717, 1.165) is 6.42 Å². The van der Waals surface area contributed by atoms with Gasteiger partial charge in [-0.05, 0) is 30.7 Å². The number of ether oxygens (including phenoxy) is 1. The molecule has 0 aliphatic heterocycles. The number of hydrogen-bond donors (Lipinski definition) is 1. The van der Waals surface area contributed by atoms with Gasteiger partial charge in [-0.2, -0.15) is 0 Å². The summed E-state index contributed by atoms with van der Waals surface area (Å²) in [5.41, 5.74) is -0.299. The Hall–Kier alpha value is -3.49. The van der Waals surface area contributed by atoms with Crippen molar-refractivity contribution < 1.29 is 19.4 Å². The molecule has 1 amide bonds. The van der Waals surface area contributed by atoms with Crippen molar-refractivity contribution >= 4 is 23.0 Å². The summed E-state index contributed by atoms with van der Waals surface area (Å²) in [6.45, 7) is 2.33. The number of hydrogen-bond acceptors (Lipinski definition) is 6. The van der Waals surface area contributed by atoms with Gasteiger partial charge in [-0.25, -0.2) is 0 Å². The summed E-state index contributed by atoms with van der Waals surface area (Å²) in [4.78, 5) is 32.8. The van der Waals surface area contributed by atoms with Crippen molar-refractivity contribution in [2.24, 2.45) is 0 Å². The number of carbonyl (C=O) groups is 1. The van der Waals surface area contributed by atoms with Gasteiger partial charge in [0.15, 0.2) is 0 Å². The van der Waals surface area contributed by atoms with Gasteiger partial charge in [-0.1, -0.05) is 6.92 Å². The molecule has 0 bridgehead atoms. The minimum Gasteiger partial charge on any atom is -0.493 e. The highest BCUT2D eigenvalue weighted by Crippen LogP contribution is 2.29. The molecule has 2 aromatic carbocycles. The van der Waals surface area contributed by atoms with E-state index in [1.165, 1.54) is 42.5 Å². The summed E-state index contributed by atoms with van der Waals surface area (Å²) in [5, 5.41) is 24.3. The summed E-state index contributed by atoms with van der Waals surface area (Å²) in [7, 11) is 0. The summed E-state index contributed by atoms with van der Waals surface area (Å²) in [6, 6.07) is 9.06. The van der Waals surface area contributed by atoms with E-state index >= 15 is 0 Å². The minimum atomic E-state index is -0.621. The number of amides is 1. The smallest absolute Gasteiger partial charge is 0.296 e. The van der Waals surface area contributed by atoms with Gasteiger partial charge in [0.1, 0.15) is 11.4 Å². The van der Waals surface area contributed by atoms with E-state index in [1.807, 2.05) is 6.92 Å². The van der Waals surface area contributed by atoms with Crippen LogP contribution in [0, 0.1) is 20.2 Å². The van der Waals surface area contributed by atoms with Crippen LogP contribution in [0.15, 0.2) is 42.5 Å². The van der Waals surface area contributed by atoms with Crippen molar-refractivity contribution in [3.05, 3.63) is 68.3 Å². The number of benzene rings is 2. The second-order valence-electron chi connectivity index (χ2n) is 5.04. The van der Waals surface area contributed by atoms with Gasteiger partial charge in [0.2, 0.25) is 0 Å². The third-order valence-corrected chi connectivity index (χ3v) is 3.23. The molecule has 0 radical (unpaired) electrons. The largest absolute Gasteiger partial charge is 0.493 e. The third-order valence-electron chi connectivity index (χ3n) is 3.23. The molecule has 0 aliphatic carbocycles. The molecule has 25 heavy (non-hydrogen) atoms. The van der Waals surface area contributed by atoms with E-state index in [1.54, 1.807) is 0 Å². The van der Waals surface area contributed by atoms with Gasteiger partial charge in [-0.15, -0.1) is 0 Å². The van der Waals surface area contributed by atoms with E-state index in [4.69, 9.17) is 4.74 Å². The summed E-state index contributed by atoms with van der Waals surface area (Å²) < 4.78 is 5.35. The lowest BCUT2D eigenvalue weighted by Gasteiger charge is -2.09. The topological polar surface area (TPSA) is 125 Å². The Bertz CT molecular complexity index is 804. The molecule has 130 valence electrons. The molecule has 0 aromatic heterocycles. The summed E-state index contributed by atoms with van der Waals surface area (Å²) in [5.74, 6) is -0.276. The SMILES string of the molecule is CCCOc1ccc(NC(=O)c2ccc([N+](=O)[O-])cc2)c([N+](=O)[O-])c1. The van der Waals surface area contributed by atoms with Crippen molar-refractivity contribution in [3.63, 3.8) is 0 Å². The molecule has 9 nitrogen and oxygen atoms in total. The van der Waals surface area contributed by atoms with E-state index in [9.17, 15) is 25.0 Å². The van der Waals surface area contributed by atoms with Crippen LogP contribution in [0.3, 0.4) is 0 Å². The first-order valence-electron chi connectivity index (χ1n) is 7.39. The number of nitro benzene ring substituents is 2. The highest BCUT2D eigenvalue weighted by molar-refractivity contribution is 6.05. The molecule has 0 saturated carbocycles. The van der Waals surface area contributed by atoms with Gasteiger partial charge >= 0.3 is 0 Å². The molecular weight excluding hydrogens is 330 g/mol. The maximum Gasteiger partial charge on any atom is 0.296 e. The standard InChI is InChI=1S/C16H15N3O6/c1-2-9-25-13-7-8-14(15(10-13)19(23)24)17-16(20)11-3-5-12(6-4-11)18(21)22/h3-8,10H,2,9H2,1H3,(H,17,20). The fourth-order valence-corrected chi connectivity index (χ4v) is 2.01. The third kappa shape index (κ3) is 4.50. The number of carbonyl (C=O) groups excluding carboxylic acids is 1. The number of nitrogens with one attached hydrogen (secondary N) is 1. The fraction of sp³-hybridized carbons (Fsp3) is 0.188. The summed E-state index contributed by atoms with van der Waals surface area (Å²) >= 11 is 0. The lowest BCUT2D eigenvalue weighted by molar-refractivity contribution is -0.384. The molecule has 2 aromatic rings. The molecule has 0 unspecified atom stereocenters. The lowest BCUT2D eigenvalue weighted by Crippen LogP contribution is -2.13. The van der Waals surface area contributed by atoms with Crippen molar-refractivity contribution in [3.8, 4) is 5.75 Å². The second-order valence-corrected chi connectivity index (χ2v) is 5.04. The molecular formula is C16H15N3O6. The normalized spacial score (nSPS) is 10.1. The average Bonchev–Trinajstić information content (AvgIpc) is 2.60. The predicted molar refractivity (Wildman–Crippen MR) is 89.9 cm³/mol. The van der Waals surface area contributed by atoms with Crippen LogP contribution in [0.5, 0.6) is 5.75 Å². The predicted octanol–water partition coefficient (Wildman–Crippen LogP) is 3.54. The number of non-ortho nitro benzene ring substituents is 1. The molecule has 0 atom stereocenters. The van der Waals surface area contributed by atoms with E-state index in [0.29, 0.717) is 12.4 Å². The molecule has 2 rings (SSSR count). The molecule has 0 fully saturated rings. The molecule has 0 saturated heterocycles. The van der Waals surface area contributed by atoms with Crippen molar-refractivity contribution in [1.29, 1.82) is 0 Å². The van der Waals surface area contributed by atoms with Crippen LogP contribution >= 0.6 is 0 Å². The Morgan fingerprint density at radius 2 is 1.76 bits per heavy atom. The van der Waals surface area contributed by atoms with Crippen LogP contribution in [-0.4, -0.2) is 22.4 Å². The van der Waals surface area contributed by atoms with E-state index in [2.05, 4.69) is 5.32 Å². The Labute approximate surface area is 142 Å². The highest BCUT2D eigenvalue weighted by atomic mass is 16.6. The molecule has 0 spiro atoms. The van der Waals surface area contributed by atoms with Crippen LogP contribution in [-0.2, 0) is 0 Å². The maximum absolute atomic E-state index is 12.2. The van der Waals surface area contributed by atoms with Gasteiger partial charge in [0, 0.05) is 17.7 Å². The minimum absolute atomic E-state index is 0.0113. The van der Waals surface area contributed by atoms with Gasteiger partial charge in [0.25, 0.3) is 17.3 Å². The zero-order valence-electron chi connectivity index (χ0n) is 13.3. The van der Waals surface area contributed by atoms with Crippen molar-refractivity contribution in [1.82, 2.24) is 0 Å². The van der Waals surface area contributed by atoms with E-state index < -0.39 is 15.8 Å². The van der Waals surface area contributed by atoms with Crippen LogP contribution < -0.4 is 10.1 Å². The highest BCUT2D eigenvalue weighted by Gasteiger charge is 2.18. The quantitative estimate of drug-likeness (QED) is 0.604.